The van der Waals surface area contributed by atoms with Crippen molar-refractivity contribution in [1.82, 2.24) is 23.7 Å². The number of hydrogen-bond donors (Lipinski definition) is 2. The molecule has 0 unspecified atom stereocenters. The van der Waals surface area contributed by atoms with Crippen molar-refractivity contribution < 1.29 is 43.1 Å². The summed E-state index contributed by atoms with van der Waals surface area (Å²) >= 11 is 8.80. The number of fused-ring (bicyclic) bond motifs is 2. The van der Waals surface area contributed by atoms with Crippen molar-refractivity contribution in [2.75, 3.05) is 5.43 Å². The molecule has 10 nitrogen and oxygen atoms in total. The molecule has 15 heteroatoms. The maximum absolute atomic E-state index is 5.37. The van der Waals surface area contributed by atoms with Crippen molar-refractivity contribution in [1.29, 1.82) is 0 Å². The Morgan fingerprint density at radius 2 is 1.33 bits per heavy atom. The van der Waals surface area contributed by atoms with Gasteiger partial charge in [0.15, 0.2) is 11.4 Å². The standard InChI is InChI=1S/C28H23N10S3.2BrH/c1-34-23(17-36-11-13-40-27(34)36)21-7-3-19(4-8-21)15-29-31-25-32-33-26(39)38(25)30-16-20-5-9-22(10-6-20)24-18-37-12-14-41-28(37)35(24)2;;/h3-18H,1-2H3,(H-,31,32,33,39);2*1H/q+1;;/p-1/b29-15-,30-16+;;. The quantitative estimate of drug-likeness (QED) is 0.0938. The van der Waals surface area contributed by atoms with Crippen LogP contribution >= 0.6 is 34.9 Å². The number of H-pyrrole nitrogens is 1. The third kappa shape index (κ3) is 5.90. The second-order valence-corrected chi connectivity index (χ2v) is 11.5. The van der Waals surface area contributed by atoms with E-state index in [1.54, 1.807) is 35.1 Å². The maximum atomic E-state index is 5.37. The summed E-state index contributed by atoms with van der Waals surface area (Å²) in [4.78, 5) is 2.37. The van der Waals surface area contributed by atoms with Gasteiger partial charge in [0.2, 0.25) is 4.77 Å². The third-order valence-corrected chi connectivity index (χ3v) is 8.99. The van der Waals surface area contributed by atoms with Crippen LogP contribution in [0.25, 0.3) is 32.4 Å². The zero-order valence-corrected chi connectivity index (χ0v) is 28.4. The molecule has 0 aliphatic heterocycles. The normalized spacial score (nSPS) is 11.5. The van der Waals surface area contributed by atoms with E-state index in [4.69, 9.17) is 12.2 Å². The second-order valence-electron chi connectivity index (χ2n) is 9.36. The first-order valence-corrected chi connectivity index (χ1v) is 14.8. The predicted molar refractivity (Wildman–Crippen MR) is 165 cm³/mol. The van der Waals surface area contributed by atoms with Crippen molar-refractivity contribution in [3.63, 3.8) is 0 Å². The van der Waals surface area contributed by atoms with Gasteiger partial charge >= 0.3 is 9.92 Å². The van der Waals surface area contributed by atoms with E-state index in [-0.39, 0.29) is 34.0 Å². The van der Waals surface area contributed by atoms with E-state index in [0.29, 0.717) is 10.7 Å². The lowest BCUT2D eigenvalue weighted by Gasteiger charge is -2.01. The largest absolute Gasteiger partial charge is 1.00 e. The first-order chi connectivity index (χ1) is 20.0. The minimum Gasteiger partial charge on any atom is -1.00 e. The first-order valence-electron chi connectivity index (χ1n) is 12.7. The molecular formula is C28H24Br2N10S3. The van der Waals surface area contributed by atoms with E-state index in [1.165, 1.54) is 14.6 Å². The number of aromatic nitrogens is 7. The number of anilines is 1. The summed E-state index contributed by atoms with van der Waals surface area (Å²) in [5.41, 5.74) is 9.39. The Kier molecular flexibility index (Phi) is 9.17. The summed E-state index contributed by atoms with van der Waals surface area (Å²) < 4.78 is 10.5. The summed E-state index contributed by atoms with van der Waals surface area (Å²) in [5.74, 6) is 0.387. The molecule has 5 aromatic heterocycles. The molecule has 0 aliphatic carbocycles. The Balaban J connectivity index is 0.00000184. The van der Waals surface area contributed by atoms with Gasteiger partial charge in [-0.2, -0.15) is 23.7 Å². The van der Waals surface area contributed by atoms with Crippen LogP contribution in [0.4, 0.5) is 5.95 Å². The SMILES string of the molecule is C[n+]1c(-c2ccc(/C=N\Nc3n[nH]c(=S)n3/N=C/c3ccc(-c4cn5ccsc5[n+]4C)cc3)cc2)cn2ccsc21.[Br-].[Br-]. The maximum Gasteiger partial charge on any atom is 0.345 e. The minimum atomic E-state index is 0. The third-order valence-electron chi connectivity index (χ3n) is 6.81. The molecule has 0 fully saturated rings. The summed E-state index contributed by atoms with van der Waals surface area (Å²) in [7, 11) is 4.16. The van der Waals surface area contributed by atoms with Crippen molar-refractivity contribution in [3.05, 3.63) is 100.0 Å². The number of benzene rings is 2. The number of rotatable bonds is 7. The van der Waals surface area contributed by atoms with Gasteiger partial charge in [0.05, 0.1) is 26.5 Å². The molecule has 7 aromatic rings. The Bertz CT molecular complexity index is 2130. The van der Waals surface area contributed by atoms with E-state index in [1.807, 2.05) is 24.3 Å². The molecule has 7 rings (SSSR count). The number of halogens is 2. The molecule has 0 spiro atoms. The molecule has 0 radical (unpaired) electrons. The highest BCUT2D eigenvalue weighted by Gasteiger charge is 2.18. The molecule has 43 heavy (non-hydrogen) atoms. The van der Waals surface area contributed by atoms with E-state index in [2.05, 4.69) is 118 Å². The fraction of sp³-hybridized carbons (Fsp3) is 0.0714. The first kappa shape index (κ1) is 30.7. The molecule has 2 N–H and O–H groups in total. The van der Waals surface area contributed by atoms with E-state index in [9.17, 15) is 0 Å². The molecule has 0 saturated heterocycles. The molecule has 0 aliphatic rings. The number of aryl methyl sites for hydroxylation is 2. The Labute approximate surface area is 280 Å². The Morgan fingerprint density at radius 1 is 0.814 bits per heavy atom. The highest BCUT2D eigenvalue weighted by atomic mass is 79.9. The lowest BCUT2D eigenvalue weighted by atomic mass is 10.1. The summed E-state index contributed by atoms with van der Waals surface area (Å²) in [6, 6.07) is 16.5. The van der Waals surface area contributed by atoms with Crippen LogP contribution in [-0.2, 0) is 14.1 Å². The smallest absolute Gasteiger partial charge is 0.345 e. The lowest BCUT2D eigenvalue weighted by molar-refractivity contribution is -0.631. The van der Waals surface area contributed by atoms with Crippen molar-refractivity contribution in [3.8, 4) is 22.5 Å². The fourth-order valence-electron chi connectivity index (χ4n) is 4.68. The number of imidazole rings is 2. The second kappa shape index (κ2) is 12.9. The molecule has 0 atom stereocenters. The number of nitrogens with zero attached hydrogens (tertiary/aromatic N) is 8. The summed E-state index contributed by atoms with van der Waals surface area (Å²) in [6.45, 7) is 0. The van der Waals surface area contributed by atoms with E-state index < -0.39 is 0 Å². The number of nitrogens with one attached hydrogen (secondary N) is 2. The zero-order valence-electron chi connectivity index (χ0n) is 22.8. The van der Waals surface area contributed by atoms with E-state index in [0.717, 1.165) is 33.6 Å². The van der Waals surface area contributed by atoms with Gasteiger partial charge in [-0.25, -0.2) is 19.7 Å². The fourth-order valence-corrected chi connectivity index (χ4v) is 6.47. The molecule has 0 amide bonds. The van der Waals surface area contributed by atoms with Crippen LogP contribution in [-0.4, -0.2) is 36.1 Å². The van der Waals surface area contributed by atoms with Gasteiger partial charge in [0, 0.05) is 21.9 Å². The minimum absolute atomic E-state index is 0. The highest BCUT2D eigenvalue weighted by Crippen LogP contribution is 2.21. The monoisotopic (exact) mass is 754 g/mol. The Morgan fingerprint density at radius 3 is 1.84 bits per heavy atom. The van der Waals surface area contributed by atoms with Crippen LogP contribution in [0, 0.1) is 4.77 Å². The molecule has 5 heterocycles. The van der Waals surface area contributed by atoms with Gasteiger partial charge in [-0.15, -0.1) is 5.10 Å². The Hall–Kier alpha value is -3.76. The van der Waals surface area contributed by atoms with Gasteiger partial charge < -0.3 is 34.0 Å². The van der Waals surface area contributed by atoms with Crippen molar-refractivity contribution in [2.45, 2.75) is 0 Å². The van der Waals surface area contributed by atoms with Crippen LogP contribution in [0.2, 0.25) is 0 Å². The molecule has 0 bridgehead atoms. The van der Waals surface area contributed by atoms with Crippen LogP contribution in [0.1, 0.15) is 11.1 Å². The van der Waals surface area contributed by atoms with Crippen molar-refractivity contribution >= 4 is 63.2 Å². The van der Waals surface area contributed by atoms with Crippen molar-refractivity contribution in [2.24, 2.45) is 24.3 Å². The highest BCUT2D eigenvalue weighted by molar-refractivity contribution is 7.71. The molecule has 0 saturated carbocycles. The van der Waals surface area contributed by atoms with Gasteiger partial charge in [0.25, 0.3) is 5.95 Å². The topological polar surface area (TPSA) is 86.9 Å². The van der Waals surface area contributed by atoms with Crippen LogP contribution in [0.5, 0.6) is 0 Å². The zero-order chi connectivity index (χ0) is 27.9. The predicted octanol–water partition coefficient (Wildman–Crippen LogP) is -1.11. The average molecular weight is 757 g/mol. The number of hydrogen-bond acceptors (Lipinski definition) is 7. The van der Waals surface area contributed by atoms with Gasteiger partial charge in [0.1, 0.15) is 24.8 Å². The van der Waals surface area contributed by atoms with Crippen LogP contribution in [0.3, 0.4) is 0 Å². The lowest BCUT2D eigenvalue weighted by Crippen LogP contribution is -3.00. The summed E-state index contributed by atoms with van der Waals surface area (Å²) in [6.07, 6.45) is 11.9. The van der Waals surface area contributed by atoms with Gasteiger partial charge in [-0.3, -0.25) is 0 Å². The molecule has 218 valence electrons. The number of aromatic amines is 1. The number of thiazole rings is 2. The molecule has 2 aromatic carbocycles. The van der Waals surface area contributed by atoms with Gasteiger partial charge in [-0.1, -0.05) is 46.9 Å². The molecular weight excluding hydrogens is 732 g/mol. The van der Waals surface area contributed by atoms with Gasteiger partial charge in [-0.05, 0) is 47.6 Å². The number of hydrazone groups is 1. The summed E-state index contributed by atoms with van der Waals surface area (Å²) in [5, 5.41) is 20.0. The average Bonchev–Trinajstić information content (AvgIpc) is 3.81. The van der Waals surface area contributed by atoms with E-state index >= 15 is 0 Å². The van der Waals surface area contributed by atoms with Crippen LogP contribution < -0.4 is 48.5 Å². The van der Waals surface area contributed by atoms with Crippen LogP contribution in [0.15, 0.2) is 94.3 Å².